The third-order valence-corrected chi connectivity index (χ3v) is 10.9. The SMILES string of the molecule is C=CCN(C)CC1CC(c2ccc(CO)cc2)OC(c2cccc(-c3cccc(CNC(=O)NC45CC6CC(CC(C6)C4)C5)c3)c2)O1. The molecule has 1 saturated heterocycles. The topological polar surface area (TPSA) is 83.1 Å². The molecule has 1 heterocycles. The molecule has 3 N–H and O–H groups in total. The molecule has 0 radical (unpaired) electrons. The van der Waals surface area contributed by atoms with E-state index < -0.39 is 6.29 Å². The second-order valence-corrected chi connectivity index (χ2v) is 14.7. The van der Waals surface area contributed by atoms with Crippen LogP contribution in [0.15, 0.2) is 85.5 Å². The summed E-state index contributed by atoms with van der Waals surface area (Å²) < 4.78 is 13.2. The van der Waals surface area contributed by atoms with Gasteiger partial charge in [0.1, 0.15) is 0 Å². The van der Waals surface area contributed by atoms with Crippen molar-refractivity contribution in [1.29, 1.82) is 0 Å². The van der Waals surface area contributed by atoms with Crippen LogP contribution in [0.25, 0.3) is 11.1 Å². The van der Waals surface area contributed by atoms with Crippen LogP contribution in [-0.2, 0) is 22.6 Å². The lowest BCUT2D eigenvalue weighted by Crippen LogP contribution is -2.61. The van der Waals surface area contributed by atoms with Crippen molar-refractivity contribution in [3.05, 3.63) is 108 Å². The van der Waals surface area contributed by atoms with E-state index in [1.165, 1.54) is 19.3 Å². The average Bonchev–Trinajstić information content (AvgIpc) is 3.07. The van der Waals surface area contributed by atoms with Crippen molar-refractivity contribution in [1.82, 2.24) is 15.5 Å². The molecule has 4 bridgehead atoms. The number of aliphatic hydroxyl groups excluding tert-OH is 1. The van der Waals surface area contributed by atoms with Gasteiger partial charge in [-0.25, -0.2) is 4.79 Å². The number of rotatable bonds is 11. The molecule has 0 spiro atoms. The zero-order valence-corrected chi connectivity index (χ0v) is 27.6. The number of nitrogens with one attached hydrogen (secondary N) is 2. The quantitative estimate of drug-likeness (QED) is 0.193. The highest BCUT2D eigenvalue weighted by Gasteiger charge is 2.51. The lowest BCUT2D eigenvalue weighted by Gasteiger charge is -2.56. The van der Waals surface area contributed by atoms with Gasteiger partial charge in [-0.05, 0) is 103 Å². The van der Waals surface area contributed by atoms with Crippen molar-refractivity contribution in [2.45, 2.75) is 82.1 Å². The monoisotopic (exact) mass is 635 g/mol. The Labute approximate surface area is 279 Å². The van der Waals surface area contributed by atoms with Crippen molar-refractivity contribution in [3.8, 4) is 11.1 Å². The highest BCUT2D eigenvalue weighted by molar-refractivity contribution is 5.75. The van der Waals surface area contributed by atoms with Crippen LogP contribution in [0.2, 0.25) is 0 Å². The molecule has 5 aliphatic rings. The molecule has 3 aromatic carbocycles. The zero-order valence-electron chi connectivity index (χ0n) is 27.6. The van der Waals surface area contributed by atoms with E-state index in [1.54, 1.807) is 0 Å². The molecule has 7 heteroatoms. The Morgan fingerprint density at radius 1 is 0.894 bits per heavy atom. The molecular formula is C40H49N3O4. The Kier molecular flexibility index (Phi) is 9.51. The van der Waals surface area contributed by atoms with E-state index in [2.05, 4.69) is 77.7 Å². The Morgan fingerprint density at radius 2 is 1.57 bits per heavy atom. The molecule has 1 aliphatic heterocycles. The van der Waals surface area contributed by atoms with E-state index in [0.29, 0.717) is 6.54 Å². The number of benzene rings is 3. The number of likely N-dealkylation sites (N-methyl/N-ethyl adjacent to an activating group) is 1. The van der Waals surface area contributed by atoms with Gasteiger partial charge in [-0.1, -0.05) is 66.7 Å². The summed E-state index contributed by atoms with van der Waals surface area (Å²) in [5.41, 5.74) is 6.16. The Bertz CT molecular complexity index is 1520. The second-order valence-electron chi connectivity index (χ2n) is 14.7. The lowest BCUT2D eigenvalue weighted by molar-refractivity contribution is -0.252. The molecule has 5 fully saturated rings. The van der Waals surface area contributed by atoms with Gasteiger partial charge < -0.3 is 30.1 Å². The molecular weight excluding hydrogens is 586 g/mol. The van der Waals surface area contributed by atoms with E-state index in [4.69, 9.17) is 9.47 Å². The van der Waals surface area contributed by atoms with Crippen LogP contribution in [0.4, 0.5) is 4.79 Å². The zero-order chi connectivity index (χ0) is 32.4. The minimum atomic E-state index is -0.522. The predicted molar refractivity (Wildman–Crippen MR) is 184 cm³/mol. The summed E-state index contributed by atoms with van der Waals surface area (Å²) in [6, 6.07) is 24.7. The number of urea groups is 1. The normalized spacial score (nSPS) is 29.5. The highest BCUT2D eigenvalue weighted by Crippen LogP contribution is 2.55. The van der Waals surface area contributed by atoms with Gasteiger partial charge in [-0.15, -0.1) is 6.58 Å². The Balaban J connectivity index is 1.03. The van der Waals surface area contributed by atoms with Gasteiger partial charge >= 0.3 is 6.03 Å². The summed E-state index contributed by atoms with van der Waals surface area (Å²) in [7, 11) is 2.08. The summed E-state index contributed by atoms with van der Waals surface area (Å²) >= 11 is 0. The number of hydrogen-bond donors (Lipinski definition) is 3. The van der Waals surface area contributed by atoms with Gasteiger partial charge in [-0.2, -0.15) is 0 Å². The van der Waals surface area contributed by atoms with Gasteiger partial charge in [0.2, 0.25) is 0 Å². The van der Waals surface area contributed by atoms with Gasteiger partial charge in [-0.3, -0.25) is 0 Å². The molecule has 4 saturated carbocycles. The lowest BCUT2D eigenvalue weighted by atomic mass is 9.53. The van der Waals surface area contributed by atoms with Crippen molar-refractivity contribution < 1.29 is 19.4 Å². The maximum atomic E-state index is 13.1. The summed E-state index contributed by atoms with van der Waals surface area (Å²) in [6.07, 6.45) is 9.50. The first kappa shape index (κ1) is 32.1. The summed E-state index contributed by atoms with van der Waals surface area (Å²) in [6.45, 7) is 5.94. The Hall–Kier alpha value is -3.49. The van der Waals surface area contributed by atoms with Crippen LogP contribution in [0.3, 0.4) is 0 Å². The molecule has 7 nitrogen and oxygen atoms in total. The standard InChI is InChI=1S/C40H49N3O4/c1-3-14-43(2)25-36-20-37(32-12-10-27(26-44)11-13-32)47-38(46-36)35-9-5-8-34(19-35)33-7-4-6-28(18-33)24-41-39(45)42-40-21-29-15-30(22-40)17-31(16-29)23-40/h3-13,18-19,29-31,36-38,44H,1,14-17,20-26H2,2H3,(H2,41,42,45). The second kappa shape index (κ2) is 13.9. The van der Waals surface area contributed by atoms with Gasteiger partial charge in [0.05, 0.1) is 18.8 Å². The number of carbonyl (C=O) groups is 1. The molecule has 4 aliphatic carbocycles. The third-order valence-electron chi connectivity index (χ3n) is 10.9. The number of ether oxygens (including phenoxy) is 2. The first-order chi connectivity index (χ1) is 22.9. The molecule has 47 heavy (non-hydrogen) atoms. The molecule has 248 valence electrons. The minimum Gasteiger partial charge on any atom is -0.392 e. The number of carbonyl (C=O) groups excluding carboxylic acids is 1. The van der Waals surface area contributed by atoms with Crippen molar-refractivity contribution >= 4 is 6.03 Å². The average molecular weight is 636 g/mol. The molecule has 8 rings (SSSR count). The molecule has 3 atom stereocenters. The van der Waals surface area contributed by atoms with E-state index in [1.807, 2.05) is 30.3 Å². The van der Waals surface area contributed by atoms with Crippen molar-refractivity contribution in [2.24, 2.45) is 17.8 Å². The fourth-order valence-electron chi connectivity index (χ4n) is 9.13. The summed E-state index contributed by atoms with van der Waals surface area (Å²) in [4.78, 5) is 15.3. The minimum absolute atomic E-state index is 0.00630. The van der Waals surface area contributed by atoms with Crippen LogP contribution in [0.5, 0.6) is 0 Å². The van der Waals surface area contributed by atoms with Crippen LogP contribution < -0.4 is 10.6 Å². The van der Waals surface area contributed by atoms with E-state index in [9.17, 15) is 9.90 Å². The van der Waals surface area contributed by atoms with Gasteiger partial charge in [0.25, 0.3) is 0 Å². The highest BCUT2D eigenvalue weighted by atomic mass is 16.7. The summed E-state index contributed by atoms with van der Waals surface area (Å²) in [5, 5.41) is 16.1. The number of hydrogen-bond acceptors (Lipinski definition) is 5. The first-order valence-electron chi connectivity index (χ1n) is 17.4. The third kappa shape index (κ3) is 7.49. The fourth-order valence-corrected chi connectivity index (χ4v) is 9.13. The van der Waals surface area contributed by atoms with Crippen LogP contribution >= 0.6 is 0 Å². The van der Waals surface area contributed by atoms with Crippen molar-refractivity contribution in [3.63, 3.8) is 0 Å². The van der Waals surface area contributed by atoms with Crippen LogP contribution in [-0.4, -0.2) is 47.8 Å². The Morgan fingerprint density at radius 3 is 2.26 bits per heavy atom. The van der Waals surface area contributed by atoms with E-state index in [-0.39, 0.29) is 30.4 Å². The van der Waals surface area contributed by atoms with Gasteiger partial charge in [0, 0.05) is 37.2 Å². The molecule has 2 amide bonds. The first-order valence-corrected chi connectivity index (χ1v) is 17.4. The predicted octanol–water partition coefficient (Wildman–Crippen LogP) is 7.28. The summed E-state index contributed by atoms with van der Waals surface area (Å²) in [5.74, 6) is 2.39. The number of aliphatic hydroxyl groups is 1. The number of nitrogens with zero attached hydrogens (tertiary/aromatic N) is 1. The fraction of sp³-hybridized carbons (Fsp3) is 0.475. The molecule has 3 aromatic rings. The van der Waals surface area contributed by atoms with Crippen LogP contribution in [0, 0.1) is 17.8 Å². The van der Waals surface area contributed by atoms with Crippen molar-refractivity contribution in [2.75, 3.05) is 20.1 Å². The van der Waals surface area contributed by atoms with E-state index >= 15 is 0 Å². The van der Waals surface area contributed by atoms with Gasteiger partial charge in [0.15, 0.2) is 6.29 Å². The molecule has 3 unspecified atom stereocenters. The number of amides is 2. The largest absolute Gasteiger partial charge is 0.392 e. The van der Waals surface area contributed by atoms with E-state index in [0.717, 1.165) is 89.9 Å². The van der Waals surface area contributed by atoms with Crippen LogP contribution in [0.1, 0.15) is 79.6 Å². The maximum Gasteiger partial charge on any atom is 0.315 e. The smallest absolute Gasteiger partial charge is 0.315 e. The maximum absolute atomic E-state index is 13.1. The molecule has 0 aromatic heterocycles.